The summed E-state index contributed by atoms with van der Waals surface area (Å²) in [6.07, 6.45) is 1.03. The van der Waals surface area contributed by atoms with Gasteiger partial charge in [0.25, 0.3) is 0 Å². The molecule has 1 aromatic heterocycles. The van der Waals surface area contributed by atoms with Crippen LogP contribution in [-0.2, 0) is 29.0 Å². The predicted octanol–water partition coefficient (Wildman–Crippen LogP) is 2.96. The highest BCUT2D eigenvalue weighted by Gasteiger charge is 2.36. The van der Waals surface area contributed by atoms with E-state index in [9.17, 15) is 14.7 Å². The Bertz CT molecular complexity index is 711. The molecule has 2 heterocycles. The fourth-order valence-corrected chi connectivity index (χ4v) is 3.91. The lowest BCUT2D eigenvalue weighted by Gasteiger charge is -2.36. The van der Waals surface area contributed by atoms with E-state index < -0.39 is 12.0 Å². The van der Waals surface area contributed by atoms with Crippen molar-refractivity contribution in [2.24, 2.45) is 5.92 Å². The Kier molecular flexibility index (Phi) is 4.48. The van der Waals surface area contributed by atoms with Gasteiger partial charge in [-0.3, -0.25) is 4.79 Å². The molecule has 2 aromatic rings. The van der Waals surface area contributed by atoms with Crippen LogP contribution in [0.1, 0.15) is 22.9 Å². The highest BCUT2D eigenvalue weighted by atomic mass is 32.1. The molecule has 0 aliphatic carbocycles. The van der Waals surface area contributed by atoms with Crippen molar-refractivity contribution in [2.45, 2.75) is 32.4 Å². The van der Waals surface area contributed by atoms with E-state index >= 15 is 0 Å². The second-order valence-corrected chi connectivity index (χ2v) is 7.01. The van der Waals surface area contributed by atoms with Crippen LogP contribution in [0.3, 0.4) is 0 Å². The molecule has 0 fully saturated rings. The summed E-state index contributed by atoms with van der Waals surface area (Å²) in [5.74, 6) is -1.24. The highest BCUT2D eigenvalue weighted by Crippen LogP contribution is 2.26. The van der Waals surface area contributed by atoms with Crippen LogP contribution in [0.2, 0.25) is 0 Å². The van der Waals surface area contributed by atoms with E-state index in [-0.39, 0.29) is 11.8 Å². The Balaban J connectivity index is 1.81. The minimum absolute atomic E-state index is 0.0831. The number of amides is 1. The molecule has 0 saturated carbocycles. The maximum atomic E-state index is 12.8. The second-order valence-electron chi connectivity index (χ2n) is 5.98. The lowest BCUT2D eigenvalue weighted by atomic mass is 9.92. The van der Waals surface area contributed by atoms with E-state index in [4.69, 9.17) is 0 Å². The summed E-state index contributed by atoms with van der Waals surface area (Å²) in [6.45, 7) is 2.25. The fourth-order valence-electron chi connectivity index (χ4n) is 3.08. The van der Waals surface area contributed by atoms with Crippen molar-refractivity contribution in [3.8, 4) is 0 Å². The first-order valence-corrected chi connectivity index (χ1v) is 8.56. The van der Waals surface area contributed by atoms with Crippen molar-refractivity contribution in [3.63, 3.8) is 0 Å². The lowest BCUT2D eigenvalue weighted by Crippen LogP contribution is -2.50. The number of benzene rings is 1. The van der Waals surface area contributed by atoms with Crippen LogP contribution in [0.4, 0.5) is 0 Å². The standard InChI is InChI=1S/C18H19NO3S/c1-12(9-15-7-4-8-23-15)17(20)19-11-14-6-3-2-5-13(14)10-16(19)18(21)22/h2-8,12,16H,9-11H2,1H3,(H,21,22)/t12-,16-/m1/s1. The number of carboxylic acids is 1. The average Bonchev–Trinajstić information content (AvgIpc) is 3.05. The van der Waals surface area contributed by atoms with Gasteiger partial charge in [0.05, 0.1) is 0 Å². The highest BCUT2D eigenvalue weighted by molar-refractivity contribution is 7.09. The number of carbonyl (C=O) groups excluding carboxylic acids is 1. The van der Waals surface area contributed by atoms with Crippen LogP contribution in [0, 0.1) is 5.92 Å². The molecule has 5 heteroatoms. The van der Waals surface area contributed by atoms with Crippen molar-refractivity contribution in [3.05, 3.63) is 57.8 Å². The van der Waals surface area contributed by atoms with Crippen molar-refractivity contribution >= 4 is 23.2 Å². The Hall–Kier alpha value is -2.14. The molecular weight excluding hydrogens is 310 g/mol. The molecule has 0 bridgehead atoms. The monoisotopic (exact) mass is 329 g/mol. The van der Waals surface area contributed by atoms with Crippen LogP contribution in [0.5, 0.6) is 0 Å². The second kappa shape index (κ2) is 6.54. The number of carboxylic acid groups (broad SMARTS) is 1. The van der Waals surface area contributed by atoms with Gasteiger partial charge in [-0.05, 0) is 29.0 Å². The molecule has 2 atom stereocenters. The molecule has 1 N–H and O–H groups in total. The van der Waals surface area contributed by atoms with E-state index in [0.717, 1.165) is 16.0 Å². The smallest absolute Gasteiger partial charge is 0.326 e. The van der Waals surface area contributed by atoms with E-state index in [2.05, 4.69) is 0 Å². The first-order chi connectivity index (χ1) is 11.1. The molecule has 0 unspecified atom stereocenters. The molecule has 1 aromatic carbocycles. The third-order valence-electron chi connectivity index (χ3n) is 4.33. The normalized spacial score (nSPS) is 18.3. The number of aliphatic carboxylic acids is 1. The first-order valence-electron chi connectivity index (χ1n) is 7.68. The van der Waals surface area contributed by atoms with Gasteiger partial charge in [-0.1, -0.05) is 37.3 Å². The van der Waals surface area contributed by atoms with E-state index in [1.54, 1.807) is 11.3 Å². The Labute approximate surface area is 139 Å². The van der Waals surface area contributed by atoms with Gasteiger partial charge in [0.15, 0.2) is 0 Å². The molecule has 0 radical (unpaired) electrons. The van der Waals surface area contributed by atoms with Gasteiger partial charge < -0.3 is 10.0 Å². The van der Waals surface area contributed by atoms with E-state index in [0.29, 0.717) is 19.4 Å². The molecule has 120 valence electrons. The molecule has 0 spiro atoms. The molecule has 0 saturated heterocycles. The first kappa shape index (κ1) is 15.7. The van der Waals surface area contributed by atoms with E-state index in [1.165, 1.54) is 4.90 Å². The summed E-state index contributed by atoms with van der Waals surface area (Å²) < 4.78 is 0. The molecular formula is C18H19NO3S. The Morgan fingerprint density at radius 2 is 2.00 bits per heavy atom. The van der Waals surface area contributed by atoms with Crippen molar-refractivity contribution in [1.82, 2.24) is 4.90 Å². The number of carbonyl (C=O) groups is 2. The number of hydrogen-bond donors (Lipinski definition) is 1. The summed E-state index contributed by atoms with van der Waals surface area (Å²) in [5, 5.41) is 11.5. The van der Waals surface area contributed by atoms with E-state index in [1.807, 2.05) is 48.7 Å². The van der Waals surface area contributed by atoms with Crippen molar-refractivity contribution < 1.29 is 14.7 Å². The summed E-state index contributed by atoms with van der Waals surface area (Å²) in [7, 11) is 0. The maximum Gasteiger partial charge on any atom is 0.326 e. The van der Waals surface area contributed by atoms with Gasteiger partial charge in [0.2, 0.25) is 5.91 Å². The maximum absolute atomic E-state index is 12.8. The zero-order valence-electron chi connectivity index (χ0n) is 12.9. The Morgan fingerprint density at radius 3 is 2.65 bits per heavy atom. The number of thiophene rings is 1. The third kappa shape index (κ3) is 3.29. The van der Waals surface area contributed by atoms with Gasteiger partial charge in [-0.25, -0.2) is 4.79 Å². The summed E-state index contributed by atoms with van der Waals surface area (Å²) in [5.41, 5.74) is 2.07. The van der Waals surface area contributed by atoms with Crippen molar-refractivity contribution in [2.75, 3.05) is 0 Å². The number of fused-ring (bicyclic) bond motifs is 1. The molecule has 4 nitrogen and oxygen atoms in total. The van der Waals surface area contributed by atoms with Gasteiger partial charge in [-0.2, -0.15) is 0 Å². The van der Waals surface area contributed by atoms with Gasteiger partial charge in [0.1, 0.15) is 6.04 Å². The summed E-state index contributed by atoms with van der Waals surface area (Å²) in [4.78, 5) is 27.1. The summed E-state index contributed by atoms with van der Waals surface area (Å²) in [6, 6.07) is 11.0. The van der Waals surface area contributed by atoms with Gasteiger partial charge in [-0.15, -0.1) is 11.3 Å². The lowest BCUT2D eigenvalue weighted by molar-refractivity contribution is -0.153. The van der Waals surface area contributed by atoms with Gasteiger partial charge in [0, 0.05) is 23.8 Å². The number of nitrogens with zero attached hydrogens (tertiary/aromatic N) is 1. The van der Waals surface area contributed by atoms with Crippen LogP contribution in [-0.4, -0.2) is 27.9 Å². The average molecular weight is 329 g/mol. The minimum Gasteiger partial charge on any atom is -0.480 e. The quantitative estimate of drug-likeness (QED) is 0.938. The fraction of sp³-hybridized carbons (Fsp3) is 0.333. The largest absolute Gasteiger partial charge is 0.480 e. The van der Waals surface area contributed by atoms with Gasteiger partial charge >= 0.3 is 5.97 Å². The topological polar surface area (TPSA) is 57.6 Å². The molecule has 1 aliphatic heterocycles. The molecule has 1 aliphatic rings. The summed E-state index contributed by atoms with van der Waals surface area (Å²) >= 11 is 1.62. The number of rotatable bonds is 4. The molecule has 23 heavy (non-hydrogen) atoms. The zero-order chi connectivity index (χ0) is 16.4. The SMILES string of the molecule is C[C@H](Cc1cccs1)C(=O)N1Cc2ccccc2C[C@@H]1C(=O)O. The predicted molar refractivity (Wildman–Crippen MR) is 89.3 cm³/mol. The molecule has 1 amide bonds. The van der Waals surface area contributed by atoms with Crippen LogP contribution in [0.25, 0.3) is 0 Å². The van der Waals surface area contributed by atoms with Crippen LogP contribution in [0.15, 0.2) is 41.8 Å². The van der Waals surface area contributed by atoms with Crippen LogP contribution < -0.4 is 0 Å². The minimum atomic E-state index is -0.934. The number of hydrogen-bond acceptors (Lipinski definition) is 3. The zero-order valence-corrected chi connectivity index (χ0v) is 13.8. The Morgan fingerprint density at radius 1 is 1.26 bits per heavy atom. The van der Waals surface area contributed by atoms with Crippen molar-refractivity contribution in [1.29, 1.82) is 0 Å². The molecule has 3 rings (SSSR count). The third-order valence-corrected chi connectivity index (χ3v) is 5.22. The van der Waals surface area contributed by atoms with Crippen LogP contribution >= 0.6 is 11.3 Å².